The zero-order valence-corrected chi connectivity index (χ0v) is 17.8. The molecule has 0 radical (unpaired) electrons. The van der Waals surface area contributed by atoms with Crippen LogP contribution in [0.5, 0.6) is 0 Å². The lowest BCUT2D eigenvalue weighted by molar-refractivity contribution is -0.137. The fourth-order valence-electron chi connectivity index (χ4n) is 3.74. The molecular weight excluding hydrogens is 441 g/mol. The second-order valence-corrected chi connectivity index (χ2v) is 8.74. The zero-order chi connectivity index (χ0) is 22.3. The summed E-state index contributed by atoms with van der Waals surface area (Å²) < 4.78 is 41.3. The maximum absolute atomic E-state index is 13.8. The zero-order valence-electron chi connectivity index (χ0n) is 17.0. The fourth-order valence-corrected chi connectivity index (χ4v) is 4.40. The Morgan fingerprint density at radius 3 is 2.78 bits per heavy atom. The molecule has 0 saturated carbocycles. The quantitative estimate of drug-likeness (QED) is 0.422. The van der Waals surface area contributed by atoms with Gasteiger partial charge in [-0.25, -0.2) is 15.0 Å². The number of rotatable bonds is 4. The number of aryl methyl sites for hydroxylation is 1. The summed E-state index contributed by atoms with van der Waals surface area (Å²) in [7, 11) is 0. The van der Waals surface area contributed by atoms with Crippen LogP contribution in [0.25, 0.3) is 33.0 Å². The third-order valence-corrected chi connectivity index (χ3v) is 6.12. The summed E-state index contributed by atoms with van der Waals surface area (Å²) in [5.41, 5.74) is 0.276. The van der Waals surface area contributed by atoms with Crippen LogP contribution < -0.4 is 10.6 Å². The van der Waals surface area contributed by atoms with Gasteiger partial charge in [-0.1, -0.05) is 11.3 Å². The van der Waals surface area contributed by atoms with E-state index in [1.807, 2.05) is 6.92 Å². The number of fused-ring (bicyclic) bond motifs is 1. The van der Waals surface area contributed by atoms with Crippen LogP contribution in [0.2, 0.25) is 0 Å². The average Bonchev–Trinajstić information content (AvgIpc) is 3.39. The van der Waals surface area contributed by atoms with Gasteiger partial charge in [-0.05, 0) is 38.4 Å². The molecule has 3 N–H and O–H groups in total. The number of nitrogens with zero attached hydrogens (tertiary/aromatic N) is 5. The van der Waals surface area contributed by atoms with Gasteiger partial charge in [0.15, 0.2) is 5.01 Å². The number of anilines is 1. The van der Waals surface area contributed by atoms with Crippen molar-refractivity contribution in [1.29, 1.82) is 0 Å². The van der Waals surface area contributed by atoms with Gasteiger partial charge in [-0.3, -0.25) is 0 Å². The Bertz CT molecular complexity index is 1260. The van der Waals surface area contributed by atoms with Crippen molar-refractivity contribution >= 4 is 28.3 Å². The van der Waals surface area contributed by atoms with E-state index in [1.165, 1.54) is 17.5 Å². The highest BCUT2D eigenvalue weighted by Crippen LogP contribution is 2.39. The SMILES string of the molecule is Cc1nnc(-c2ccc3c(-c4nc(N[C@H]5CCCNC5)ncc4C(F)(F)F)c[nH]c3n2)s1. The fraction of sp³-hybridized carbons (Fsp3) is 0.350. The number of aromatic amines is 1. The van der Waals surface area contributed by atoms with E-state index in [9.17, 15) is 13.2 Å². The molecule has 1 aliphatic heterocycles. The number of halogens is 3. The molecule has 5 rings (SSSR count). The Labute approximate surface area is 184 Å². The molecule has 8 nitrogen and oxygen atoms in total. The van der Waals surface area contributed by atoms with Crippen molar-refractivity contribution in [3.8, 4) is 22.0 Å². The van der Waals surface area contributed by atoms with E-state index in [2.05, 4.69) is 40.8 Å². The number of hydrogen-bond donors (Lipinski definition) is 3. The van der Waals surface area contributed by atoms with Crippen LogP contribution in [0.4, 0.5) is 19.1 Å². The van der Waals surface area contributed by atoms with Crippen LogP contribution >= 0.6 is 11.3 Å². The highest BCUT2D eigenvalue weighted by atomic mass is 32.1. The molecular formula is C20H19F3N8S. The summed E-state index contributed by atoms with van der Waals surface area (Å²) in [5.74, 6) is 0.171. The Morgan fingerprint density at radius 2 is 2.06 bits per heavy atom. The third kappa shape index (κ3) is 4.02. The second-order valence-electron chi connectivity index (χ2n) is 7.56. The predicted molar refractivity (Wildman–Crippen MR) is 115 cm³/mol. The Hall–Kier alpha value is -3.12. The number of piperidine rings is 1. The van der Waals surface area contributed by atoms with Crippen LogP contribution in [0.3, 0.4) is 0 Å². The topological polar surface area (TPSA) is 104 Å². The summed E-state index contributed by atoms with van der Waals surface area (Å²) in [6.07, 6.45) is -0.378. The van der Waals surface area contributed by atoms with Crippen molar-refractivity contribution in [2.24, 2.45) is 0 Å². The molecule has 1 saturated heterocycles. The number of H-pyrrole nitrogens is 1. The monoisotopic (exact) mass is 460 g/mol. The molecule has 0 bridgehead atoms. The Morgan fingerprint density at radius 1 is 1.19 bits per heavy atom. The van der Waals surface area contributed by atoms with E-state index in [0.717, 1.165) is 30.6 Å². The van der Waals surface area contributed by atoms with E-state index < -0.39 is 11.7 Å². The average molecular weight is 460 g/mol. The number of aromatic nitrogens is 6. The molecule has 0 aromatic carbocycles. The van der Waals surface area contributed by atoms with E-state index in [0.29, 0.717) is 33.8 Å². The highest BCUT2D eigenvalue weighted by Gasteiger charge is 2.36. The van der Waals surface area contributed by atoms with Crippen LogP contribution in [-0.2, 0) is 6.18 Å². The molecule has 4 aromatic rings. The predicted octanol–water partition coefficient (Wildman–Crippen LogP) is 4.03. The van der Waals surface area contributed by atoms with Crippen LogP contribution in [0.15, 0.2) is 24.5 Å². The van der Waals surface area contributed by atoms with Gasteiger partial charge in [0.2, 0.25) is 5.95 Å². The van der Waals surface area contributed by atoms with Gasteiger partial charge in [0.05, 0.1) is 5.69 Å². The molecule has 0 aliphatic carbocycles. The van der Waals surface area contributed by atoms with Crippen molar-refractivity contribution in [3.63, 3.8) is 0 Å². The molecule has 1 aliphatic rings. The number of alkyl halides is 3. The summed E-state index contributed by atoms with van der Waals surface area (Å²) >= 11 is 1.40. The van der Waals surface area contributed by atoms with Crippen molar-refractivity contribution in [2.45, 2.75) is 32.0 Å². The summed E-state index contributed by atoms with van der Waals surface area (Å²) in [4.78, 5) is 15.7. The maximum atomic E-state index is 13.8. The first-order valence-electron chi connectivity index (χ1n) is 10.1. The first kappa shape index (κ1) is 20.8. The molecule has 166 valence electrons. The molecule has 0 amide bonds. The minimum Gasteiger partial charge on any atom is -0.350 e. The van der Waals surface area contributed by atoms with Gasteiger partial charge in [-0.15, -0.1) is 10.2 Å². The van der Waals surface area contributed by atoms with Gasteiger partial charge in [0.25, 0.3) is 0 Å². The van der Waals surface area contributed by atoms with E-state index in [-0.39, 0.29) is 17.7 Å². The Balaban J connectivity index is 1.56. The normalized spacial score (nSPS) is 17.1. The van der Waals surface area contributed by atoms with Gasteiger partial charge < -0.3 is 15.6 Å². The van der Waals surface area contributed by atoms with Crippen LogP contribution in [0.1, 0.15) is 23.4 Å². The molecule has 4 aromatic heterocycles. The number of hydrogen-bond acceptors (Lipinski definition) is 8. The molecule has 1 fully saturated rings. The number of pyridine rings is 1. The second kappa shape index (κ2) is 8.10. The van der Waals surface area contributed by atoms with Crippen molar-refractivity contribution < 1.29 is 13.2 Å². The lowest BCUT2D eigenvalue weighted by Gasteiger charge is -2.24. The van der Waals surface area contributed by atoms with Gasteiger partial charge >= 0.3 is 6.18 Å². The maximum Gasteiger partial charge on any atom is 0.419 e. The molecule has 0 spiro atoms. The lowest BCUT2D eigenvalue weighted by Crippen LogP contribution is -2.38. The summed E-state index contributed by atoms with van der Waals surface area (Å²) in [6, 6.07) is 3.51. The highest BCUT2D eigenvalue weighted by molar-refractivity contribution is 7.14. The van der Waals surface area contributed by atoms with Gasteiger partial charge in [-0.2, -0.15) is 13.2 Å². The van der Waals surface area contributed by atoms with Crippen molar-refractivity contribution in [2.75, 3.05) is 18.4 Å². The minimum atomic E-state index is -4.60. The summed E-state index contributed by atoms with van der Waals surface area (Å²) in [6.45, 7) is 3.48. The van der Waals surface area contributed by atoms with Crippen LogP contribution in [-0.4, -0.2) is 49.3 Å². The smallest absolute Gasteiger partial charge is 0.350 e. The molecule has 5 heterocycles. The molecule has 1 atom stereocenters. The first-order valence-corrected chi connectivity index (χ1v) is 10.9. The van der Waals surface area contributed by atoms with Crippen molar-refractivity contribution in [3.05, 3.63) is 35.1 Å². The lowest BCUT2D eigenvalue weighted by atomic mass is 10.1. The Kier molecular flexibility index (Phi) is 5.25. The molecule has 0 unspecified atom stereocenters. The number of nitrogens with one attached hydrogen (secondary N) is 3. The van der Waals surface area contributed by atoms with Gasteiger partial charge in [0.1, 0.15) is 21.9 Å². The first-order chi connectivity index (χ1) is 15.4. The van der Waals surface area contributed by atoms with E-state index >= 15 is 0 Å². The van der Waals surface area contributed by atoms with Crippen molar-refractivity contribution in [1.82, 2.24) is 35.5 Å². The van der Waals surface area contributed by atoms with E-state index in [1.54, 1.807) is 12.1 Å². The van der Waals surface area contributed by atoms with Crippen LogP contribution in [0, 0.1) is 6.92 Å². The minimum absolute atomic E-state index is 0.0656. The molecule has 12 heteroatoms. The van der Waals surface area contributed by atoms with E-state index in [4.69, 9.17) is 0 Å². The van der Waals surface area contributed by atoms with Gasteiger partial charge in [0, 0.05) is 35.9 Å². The standard InChI is InChI=1S/C20H19F3N8S/c1-10-30-31-18(32-10)15-5-4-12-13(8-25-17(12)28-15)16-14(20(21,22)23)9-26-19(29-16)27-11-3-2-6-24-7-11/h4-5,8-9,11,24H,2-3,6-7H2,1H3,(H,25,28)(H,26,27,29)/t11-/m0/s1. The third-order valence-electron chi connectivity index (χ3n) is 5.26. The summed E-state index contributed by atoms with van der Waals surface area (Å²) in [5, 5.41) is 16.5. The molecule has 32 heavy (non-hydrogen) atoms. The largest absolute Gasteiger partial charge is 0.419 e.